The lowest BCUT2D eigenvalue weighted by Gasteiger charge is -2.24. The van der Waals surface area contributed by atoms with Crippen molar-refractivity contribution in [1.82, 2.24) is 9.97 Å². The Morgan fingerprint density at radius 1 is 1.44 bits per heavy atom. The fourth-order valence-electron chi connectivity index (χ4n) is 1.67. The standard InChI is InChI=1S/C13H21N3O2/c1-4-5-16(6-7-17)12-8-14-13(10(2)3)15-11(12)9-18/h4,8,10,17-18H,1,5-7,9H2,2-3H3. The second-order valence-electron chi connectivity index (χ2n) is 4.33. The summed E-state index contributed by atoms with van der Waals surface area (Å²) < 4.78 is 0. The van der Waals surface area contributed by atoms with Crippen molar-refractivity contribution in [3.63, 3.8) is 0 Å². The lowest BCUT2D eigenvalue weighted by molar-refractivity contribution is 0.275. The second-order valence-corrected chi connectivity index (χ2v) is 4.33. The summed E-state index contributed by atoms with van der Waals surface area (Å²) in [6.07, 6.45) is 3.44. The van der Waals surface area contributed by atoms with Gasteiger partial charge in [-0.05, 0) is 0 Å². The fraction of sp³-hybridized carbons (Fsp3) is 0.538. The molecule has 5 nitrogen and oxygen atoms in total. The van der Waals surface area contributed by atoms with Crippen LogP contribution in [0.15, 0.2) is 18.9 Å². The van der Waals surface area contributed by atoms with Crippen LogP contribution in [-0.2, 0) is 6.61 Å². The summed E-state index contributed by atoms with van der Waals surface area (Å²) in [5.74, 6) is 0.931. The van der Waals surface area contributed by atoms with E-state index in [-0.39, 0.29) is 19.1 Å². The topological polar surface area (TPSA) is 69.5 Å². The number of hydrogen-bond acceptors (Lipinski definition) is 5. The summed E-state index contributed by atoms with van der Waals surface area (Å²) in [5, 5.41) is 18.5. The average Bonchev–Trinajstić information content (AvgIpc) is 2.37. The molecule has 0 amide bonds. The molecule has 1 heterocycles. The molecule has 0 aromatic carbocycles. The van der Waals surface area contributed by atoms with Gasteiger partial charge in [-0.25, -0.2) is 9.97 Å². The zero-order valence-electron chi connectivity index (χ0n) is 11.0. The van der Waals surface area contributed by atoms with Crippen LogP contribution < -0.4 is 4.90 Å². The Balaban J connectivity index is 3.08. The van der Waals surface area contributed by atoms with Gasteiger partial charge in [0.1, 0.15) is 5.82 Å². The molecule has 0 bridgehead atoms. The lowest BCUT2D eigenvalue weighted by atomic mass is 10.2. The van der Waals surface area contributed by atoms with Gasteiger partial charge in [0.15, 0.2) is 0 Å². The predicted molar refractivity (Wildman–Crippen MR) is 71.5 cm³/mol. The van der Waals surface area contributed by atoms with Gasteiger partial charge in [-0.1, -0.05) is 19.9 Å². The van der Waals surface area contributed by atoms with Crippen LogP contribution in [0, 0.1) is 0 Å². The summed E-state index contributed by atoms with van der Waals surface area (Å²) in [7, 11) is 0. The first kappa shape index (κ1) is 14.6. The van der Waals surface area contributed by atoms with Gasteiger partial charge in [-0.3, -0.25) is 0 Å². The summed E-state index contributed by atoms with van der Waals surface area (Å²) in [5.41, 5.74) is 1.33. The quantitative estimate of drug-likeness (QED) is 0.710. The van der Waals surface area contributed by atoms with Gasteiger partial charge < -0.3 is 15.1 Å². The molecule has 0 spiro atoms. The van der Waals surface area contributed by atoms with E-state index in [0.29, 0.717) is 24.6 Å². The summed E-state index contributed by atoms with van der Waals surface area (Å²) >= 11 is 0. The minimum atomic E-state index is -0.142. The largest absolute Gasteiger partial charge is 0.395 e. The van der Waals surface area contributed by atoms with Gasteiger partial charge in [0.25, 0.3) is 0 Å². The number of hydrogen-bond donors (Lipinski definition) is 2. The molecule has 0 fully saturated rings. The fourth-order valence-corrected chi connectivity index (χ4v) is 1.67. The molecule has 0 atom stereocenters. The maximum Gasteiger partial charge on any atom is 0.131 e. The van der Waals surface area contributed by atoms with E-state index in [1.54, 1.807) is 12.3 Å². The minimum Gasteiger partial charge on any atom is -0.395 e. The normalized spacial score (nSPS) is 10.7. The molecule has 1 aromatic heterocycles. The van der Waals surface area contributed by atoms with Crippen LogP contribution in [0.1, 0.15) is 31.3 Å². The SMILES string of the molecule is C=CCN(CCO)c1cnc(C(C)C)nc1CO. The number of aliphatic hydroxyl groups is 2. The molecule has 100 valence electrons. The highest BCUT2D eigenvalue weighted by atomic mass is 16.3. The van der Waals surface area contributed by atoms with Crippen molar-refractivity contribution in [2.75, 3.05) is 24.6 Å². The molecule has 0 aliphatic heterocycles. The van der Waals surface area contributed by atoms with E-state index >= 15 is 0 Å². The van der Waals surface area contributed by atoms with Crippen LogP contribution in [0.3, 0.4) is 0 Å². The molecule has 0 saturated heterocycles. The third kappa shape index (κ3) is 3.51. The van der Waals surface area contributed by atoms with Crippen molar-refractivity contribution in [3.8, 4) is 0 Å². The van der Waals surface area contributed by atoms with E-state index in [2.05, 4.69) is 16.5 Å². The first-order chi connectivity index (χ1) is 8.63. The van der Waals surface area contributed by atoms with Gasteiger partial charge in [0.05, 0.1) is 30.8 Å². The third-order valence-electron chi connectivity index (χ3n) is 2.59. The van der Waals surface area contributed by atoms with Crippen molar-refractivity contribution in [1.29, 1.82) is 0 Å². The molecule has 5 heteroatoms. The van der Waals surface area contributed by atoms with Crippen molar-refractivity contribution < 1.29 is 10.2 Å². The molecule has 0 unspecified atom stereocenters. The van der Waals surface area contributed by atoms with E-state index in [0.717, 1.165) is 5.69 Å². The Morgan fingerprint density at radius 3 is 2.67 bits per heavy atom. The molecule has 18 heavy (non-hydrogen) atoms. The van der Waals surface area contributed by atoms with Crippen LogP contribution in [0.5, 0.6) is 0 Å². The zero-order chi connectivity index (χ0) is 13.5. The van der Waals surface area contributed by atoms with E-state index in [4.69, 9.17) is 5.11 Å². The Hall–Kier alpha value is -1.46. The van der Waals surface area contributed by atoms with Gasteiger partial charge in [0, 0.05) is 19.0 Å². The van der Waals surface area contributed by atoms with Crippen molar-refractivity contribution >= 4 is 5.69 Å². The lowest BCUT2D eigenvalue weighted by Crippen LogP contribution is -2.28. The number of aliphatic hydroxyl groups excluding tert-OH is 2. The monoisotopic (exact) mass is 251 g/mol. The highest BCUT2D eigenvalue weighted by Crippen LogP contribution is 2.20. The molecule has 1 aromatic rings. The van der Waals surface area contributed by atoms with E-state index in [9.17, 15) is 5.11 Å². The zero-order valence-corrected chi connectivity index (χ0v) is 11.0. The first-order valence-corrected chi connectivity index (χ1v) is 6.07. The van der Waals surface area contributed by atoms with E-state index < -0.39 is 0 Å². The predicted octanol–water partition coefficient (Wildman–Crippen LogP) is 1.08. The van der Waals surface area contributed by atoms with Crippen LogP contribution in [0.25, 0.3) is 0 Å². The molecule has 0 radical (unpaired) electrons. The minimum absolute atomic E-state index is 0.0324. The second kappa shape index (κ2) is 7.08. The number of nitrogens with zero attached hydrogens (tertiary/aromatic N) is 3. The van der Waals surface area contributed by atoms with Gasteiger partial charge in [0.2, 0.25) is 0 Å². The molecular formula is C13H21N3O2. The number of rotatable bonds is 7. The molecule has 0 aliphatic rings. The summed E-state index contributed by atoms with van der Waals surface area (Å²) in [6, 6.07) is 0. The third-order valence-corrected chi connectivity index (χ3v) is 2.59. The highest BCUT2D eigenvalue weighted by Gasteiger charge is 2.13. The Kier molecular flexibility index (Phi) is 5.74. The maximum absolute atomic E-state index is 9.40. The van der Waals surface area contributed by atoms with Gasteiger partial charge >= 0.3 is 0 Å². The van der Waals surface area contributed by atoms with Crippen LogP contribution in [0.4, 0.5) is 5.69 Å². The van der Waals surface area contributed by atoms with Crippen LogP contribution >= 0.6 is 0 Å². The molecular weight excluding hydrogens is 230 g/mol. The first-order valence-electron chi connectivity index (χ1n) is 6.07. The van der Waals surface area contributed by atoms with Gasteiger partial charge in [-0.15, -0.1) is 6.58 Å². The van der Waals surface area contributed by atoms with Crippen molar-refractivity contribution in [3.05, 3.63) is 30.4 Å². The van der Waals surface area contributed by atoms with Crippen LogP contribution in [0.2, 0.25) is 0 Å². The maximum atomic E-state index is 9.40. The molecule has 0 saturated carbocycles. The average molecular weight is 251 g/mol. The summed E-state index contributed by atoms with van der Waals surface area (Å²) in [6.45, 7) is 8.63. The number of anilines is 1. The van der Waals surface area contributed by atoms with Crippen molar-refractivity contribution in [2.45, 2.75) is 26.4 Å². The van der Waals surface area contributed by atoms with Gasteiger partial charge in [-0.2, -0.15) is 0 Å². The van der Waals surface area contributed by atoms with E-state index in [1.165, 1.54) is 0 Å². The van der Waals surface area contributed by atoms with Crippen LogP contribution in [-0.4, -0.2) is 39.9 Å². The Morgan fingerprint density at radius 2 is 2.17 bits per heavy atom. The highest BCUT2D eigenvalue weighted by molar-refractivity contribution is 5.49. The molecule has 0 aliphatic carbocycles. The Labute approximate surface area is 108 Å². The smallest absolute Gasteiger partial charge is 0.131 e. The van der Waals surface area contributed by atoms with Crippen molar-refractivity contribution in [2.24, 2.45) is 0 Å². The van der Waals surface area contributed by atoms with E-state index in [1.807, 2.05) is 18.7 Å². The molecule has 1 rings (SSSR count). The summed E-state index contributed by atoms with van der Waals surface area (Å²) in [4.78, 5) is 10.5. The Bertz CT molecular complexity index is 394. The number of aromatic nitrogens is 2. The molecule has 2 N–H and O–H groups in total.